The van der Waals surface area contributed by atoms with Gasteiger partial charge in [0.1, 0.15) is 0 Å². The molecule has 0 radical (unpaired) electrons. The van der Waals surface area contributed by atoms with E-state index in [-0.39, 0.29) is 41.7 Å². The molecule has 3 amide bonds. The molecule has 1 aliphatic heterocycles. The standard InChI is InChI=1S/C40H49N5O6/c1-4-6-19-44(20-7-5-2)40(51)35(41)21-27(3)42-36-18-17-31(43-38(49)33(24-37(47)48)28-13-9-8-10-14-28)23-34(36)39(50)45-25-30-16-12-11-15-29(30)22-32(45)26-46/h8-18,21,23,32-33,46H,4-7,19-20,22,24-26,41H2,1-3H3,(H,43,49)(H,47,48)/b35-21-,42-27?. The van der Waals surface area contributed by atoms with Crippen LogP contribution in [0.15, 0.2) is 89.6 Å². The zero-order chi connectivity index (χ0) is 36.9. The Morgan fingerprint density at radius 1 is 0.980 bits per heavy atom. The lowest BCUT2D eigenvalue weighted by Gasteiger charge is -2.36. The van der Waals surface area contributed by atoms with E-state index in [0.29, 0.717) is 30.8 Å². The van der Waals surface area contributed by atoms with Crippen LogP contribution in [0.1, 0.15) is 85.8 Å². The highest BCUT2D eigenvalue weighted by atomic mass is 16.4. The number of carbonyl (C=O) groups excluding carboxylic acids is 3. The van der Waals surface area contributed by atoms with E-state index in [1.807, 2.05) is 24.3 Å². The van der Waals surface area contributed by atoms with Crippen LogP contribution in [0.2, 0.25) is 0 Å². The average Bonchev–Trinajstić information content (AvgIpc) is 3.13. The van der Waals surface area contributed by atoms with Crippen LogP contribution in [0.4, 0.5) is 11.4 Å². The molecule has 5 N–H and O–H groups in total. The van der Waals surface area contributed by atoms with E-state index >= 15 is 0 Å². The number of nitrogens with two attached hydrogens (primary N) is 1. The number of nitrogens with one attached hydrogen (secondary N) is 1. The molecular formula is C40H49N5O6. The van der Waals surface area contributed by atoms with Gasteiger partial charge in [0, 0.05) is 31.0 Å². The van der Waals surface area contributed by atoms with E-state index < -0.39 is 36.2 Å². The second-order valence-corrected chi connectivity index (χ2v) is 12.9. The number of aliphatic carboxylic acids is 1. The Labute approximate surface area is 299 Å². The Morgan fingerprint density at radius 2 is 1.63 bits per heavy atom. The molecule has 0 aromatic heterocycles. The number of hydrogen-bond donors (Lipinski definition) is 4. The van der Waals surface area contributed by atoms with Gasteiger partial charge in [-0.2, -0.15) is 0 Å². The van der Waals surface area contributed by atoms with E-state index in [0.717, 1.165) is 36.8 Å². The third-order valence-corrected chi connectivity index (χ3v) is 8.98. The molecule has 270 valence electrons. The van der Waals surface area contributed by atoms with Gasteiger partial charge in [-0.25, -0.2) is 0 Å². The van der Waals surface area contributed by atoms with Gasteiger partial charge < -0.3 is 31.1 Å². The number of carbonyl (C=O) groups is 4. The maximum atomic E-state index is 14.4. The third kappa shape index (κ3) is 10.4. The van der Waals surface area contributed by atoms with Crippen molar-refractivity contribution in [3.63, 3.8) is 0 Å². The van der Waals surface area contributed by atoms with E-state index in [1.54, 1.807) is 59.2 Å². The van der Waals surface area contributed by atoms with Crippen molar-refractivity contribution in [3.8, 4) is 0 Å². The molecule has 3 aromatic carbocycles. The summed E-state index contributed by atoms with van der Waals surface area (Å²) in [5, 5.41) is 22.7. The van der Waals surface area contributed by atoms with Gasteiger partial charge in [0.15, 0.2) is 0 Å². The average molecular weight is 696 g/mol. The minimum atomic E-state index is -1.12. The van der Waals surface area contributed by atoms with Crippen LogP contribution in [0.5, 0.6) is 0 Å². The topological polar surface area (TPSA) is 166 Å². The first-order valence-corrected chi connectivity index (χ1v) is 17.6. The molecular weight excluding hydrogens is 646 g/mol. The number of carboxylic acid groups (broad SMARTS) is 1. The first kappa shape index (κ1) is 38.5. The van der Waals surface area contributed by atoms with Gasteiger partial charge in [0.05, 0.1) is 41.9 Å². The summed E-state index contributed by atoms with van der Waals surface area (Å²) >= 11 is 0. The largest absolute Gasteiger partial charge is 0.481 e. The summed E-state index contributed by atoms with van der Waals surface area (Å²) in [4.78, 5) is 61.0. The van der Waals surface area contributed by atoms with Crippen molar-refractivity contribution in [1.29, 1.82) is 0 Å². The first-order valence-electron chi connectivity index (χ1n) is 17.6. The SMILES string of the molecule is CCCCN(CCCC)C(=O)/C(N)=C/C(C)=Nc1ccc(NC(=O)C(CC(=O)O)c2ccccc2)cc1C(=O)N1Cc2ccccc2CC1CO. The number of rotatable bonds is 16. The summed E-state index contributed by atoms with van der Waals surface area (Å²) in [5.74, 6) is -3.32. The van der Waals surface area contributed by atoms with Gasteiger partial charge in [0.2, 0.25) is 5.91 Å². The zero-order valence-electron chi connectivity index (χ0n) is 29.7. The Bertz CT molecular complexity index is 1750. The van der Waals surface area contributed by atoms with Crippen molar-refractivity contribution in [2.24, 2.45) is 10.7 Å². The molecule has 2 atom stereocenters. The molecule has 2 unspecified atom stereocenters. The van der Waals surface area contributed by atoms with Crippen LogP contribution < -0.4 is 11.1 Å². The molecule has 0 fully saturated rings. The fourth-order valence-electron chi connectivity index (χ4n) is 6.18. The van der Waals surface area contributed by atoms with Crippen LogP contribution in [0.25, 0.3) is 0 Å². The lowest BCUT2D eigenvalue weighted by molar-refractivity contribution is -0.139. The van der Waals surface area contributed by atoms with Gasteiger partial charge >= 0.3 is 5.97 Å². The number of allylic oxidation sites excluding steroid dienone is 1. The Morgan fingerprint density at radius 3 is 2.25 bits per heavy atom. The number of aliphatic imine (C=N–C) groups is 1. The predicted molar refractivity (Wildman–Crippen MR) is 199 cm³/mol. The van der Waals surface area contributed by atoms with Crippen molar-refractivity contribution in [2.75, 3.05) is 25.0 Å². The van der Waals surface area contributed by atoms with Gasteiger partial charge in [0.25, 0.3) is 11.8 Å². The molecule has 51 heavy (non-hydrogen) atoms. The van der Waals surface area contributed by atoms with Gasteiger partial charge in [-0.15, -0.1) is 0 Å². The molecule has 0 saturated carbocycles. The monoisotopic (exact) mass is 695 g/mol. The molecule has 0 saturated heterocycles. The van der Waals surface area contributed by atoms with E-state index in [4.69, 9.17) is 10.7 Å². The normalized spacial score (nSPS) is 15.1. The van der Waals surface area contributed by atoms with Gasteiger partial charge in [-0.05, 0) is 67.2 Å². The molecule has 1 aliphatic rings. The number of hydrogen-bond acceptors (Lipinski definition) is 7. The molecule has 0 spiro atoms. The highest BCUT2D eigenvalue weighted by Crippen LogP contribution is 2.31. The molecule has 11 nitrogen and oxygen atoms in total. The maximum absolute atomic E-state index is 14.4. The van der Waals surface area contributed by atoms with Crippen LogP contribution in [0, 0.1) is 0 Å². The number of carboxylic acids is 1. The zero-order valence-corrected chi connectivity index (χ0v) is 29.7. The van der Waals surface area contributed by atoms with E-state index in [2.05, 4.69) is 19.2 Å². The number of nitrogens with zero attached hydrogens (tertiary/aromatic N) is 3. The summed E-state index contributed by atoms with van der Waals surface area (Å²) in [5.41, 5.74) is 10.0. The fraction of sp³-hybridized carbons (Fsp3) is 0.375. The highest BCUT2D eigenvalue weighted by Gasteiger charge is 2.32. The number of benzene rings is 3. The molecule has 4 rings (SSSR count). The number of aliphatic hydroxyl groups excluding tert-OH is 1. The second kappa shape index (κ2) is 18.6. The van der Waals surface area contributed by atoms with E-state index in [1.165, 1.54) is 12.1 Å². The number of fused-ring (bicyclic) bond motifs is 1. The van der Waals surface area contributed by atoms with Crippen molar-refractivity contribution in [2.45, 2.75) is 77.8 Å². The van der Waals surface area contributed by atoms with E-state index in [9.17, 15) is 29.4 Å². The summed E-state index contributed by atoms with van der Waals surface area (Å²) in [6, 6.07) is 20.6. The number of amides is 3. The first-order chi connectivity index (χ1) is 24.6. The summed E-state index contributed by atoms with van der Waals surface area (Å²) < 4.78 is 0. The molecule has 11 heteroatoms. The smallest absolute Gasteiger partial charge is 0.304 e. The van der Waals surface area contributed by atoms with Crippen LogP contribution in [-0.4, -0.2) is 75.2 Å². The summed E-state index contributed by atoms with van der Waals surface area (Å²) in [6.07, 6.45) is 5.16. The van der Waals surface area contributed by atoms with Crippen LogP contribution in [-0.2, 0) is 27.3 Å². The maximum Gasteiger partial charge on any atom is 0.304 e. The van der Waals surface area contributed by atoms with Crippen LogP contribution in [0.3, 0.4) is 0 Å². The molecule has 0 bridgehead atoms. The Balaban J connectivity index is 1.72. The van der Waals surface area contributed by atoms with Gasteiger partial charge in [-0.1, -0.05) is 81.3 Å². The fourth-order valence-corrected chi connectivity index (χ4v) is 6.18. The van der Waals surface area contributed by atoms with Crippen molar-refractivity contribution < 1.29 is 29.4 Å². The lowest BCUT2D eigenvalue weighted by atomic mass is 9.93. The number of unbranched alkanes of at least 4 members (excludes halogenated alkanes) is 2. The molecule has 3 aromatic rings. The van der Waals surface area contributed by atoms with Crippen molar-refractivity contribution >= 4 is 40.8 Å². The number of anilines is 1. The highest BCUT2D eigenvalue weighted by molar-refractivity contribution is 6.06. The quantitative estimate of drug-likeness (QED) is 0.109. The Hall–Kier alpha value is -5.29. The second-order valence-electron chi connectivity index (χ2n) is 12.9. The Kier molecular flexibility index (Phi) is 14.1. The molecule has 0 aliphatic carbocycles. The minimum absolute atomic E-state index is 0.0404. The third-order valence-electron chi connectivity index (χ3n) is 8.98. The van der Waals surface area contributed by atoms with Crippen LogP contribution >= 0.6 is 0 Å². The van der Waals surface area contributed by atoms with Crippen molar-refractivity contribution in [3.05, 3.63) is 107 Å². The minimum Gasteiger partial charge on any atom is -0.481 e. The lowest BCUT2D eigenvalue weighted by Crippen LogP contribution is -2.46. The molecule has 1 heterocycles. The predicted octanol–water partition coefficient (Wildman–Crippen LogP) is 5.81. The number of aliphatic hydroxyl groups is 1. The summed E-state index contributed by atoms with van der Waals surface area (Å²) in [6.45, 7) is 7.05. The van der Waals surface area contributed by atoms with Gasteiger partial charge in [-0.3, -0.25) is 24.2 Å². The summed E-state index contributed by atoms with van der Waals surface area (Å²) in [7, 11) is 0. The van der Waals surface area contributed by atoms with Crippen molar-refractivity contribution in [1.82, 2.24) is 9.80 Å².